The minimum atomic E-state index is -0.450. The van der Waals surface area contributed by atoms with Crippen LogP contribution in [-0.4, -0.2) is 17.9 Å². The van der Waals surface area contributed by atoms with Crippen molar-refractivity contribution in [1.82, 2.24) is 5.32 Å². The molecule has 2 heteroatoms. The number of nitrogens with one attached hydrogen (secondary N) is 1. The maximum Gasteiger partial charge on any atom is 0.108 e. The molecule has 0 saturated heterocycles. The van der Waals surface area contributed by atoms with Crippen LogP contribution in [0.2, 0.25) is 0 Å². The minimum Gasteiger partial charge on any atom is -0.378 e. The van der Waals surface area contributed by atoms with Crippen LogP contribution in [0.4, 0.5) is 0 Å². The van der Waals surface area contributed by atoms with Crippen molar-refractivity contribution < 1.29 is 5.11 Å². The Labute approximate surface area is 121 Å². The summed E-state index contributed by atoms with van der Waals surface area (Å²) in [5.74, 6) is 0. The fourth-order valence-corrected chi connectivity index (χ4v) is 2.28. The predicted molar refractivity (Wildman–Crippen MR) is 83.5 cm³/mol. The van der Waals surface area contributed by atoms with Gasteiger partial charge in [0.2, 0.25) is 0 Å². The summed E-state index contributed by atoms with van der Waals surface area (Å²) in [7, 11) is 0. The summed E-state index contributed by atoms with van der Waals surface area (Å²) in [6.45, 7) is 0.862. The van der Waals surface area contributed by atoms with Gasteiger partial charge in [-0.15, -0.1) is 0 Å². The quantitative estimate of drug-likeness (QED) is 0.570. The fraction of sp³-hybridized carbons (Fsp3) is 0.333. The van der Waals surface area contributed by atoms with Crippen molar-refractivity contribution in [2.24, 2.45) is 0 Å². The molecule has 0 heterocycles. The smallest absolute Gasteiger partial charge is 0.108 e. The Hall–Kier alpha value is -1.64. The molecule has 0 saturated carbocycles. The van der Waals surface area contributed by atoms with Crippen molar-refractivity contribution in [2.45, 2.75) is 31.9 Å². The van der Waals surface area contributed by atoms with E-state index in [4.69, 9.17) is 0 Å². The third-order valence-corrected chi connectivity index (χ3v) is 3.39. The van der Waals surface area contributed by atoms with Crippen LogP contribution < -0.4 is 5.32 Å². The summed E-state index contributed by atoms with van der Waals surface area (Å²) in [4.78, 5) is 0. The molecule has 2 aromatic rings. The highest BCUT2D eigenvalue weighted by Crippen LogP contribution is 2.05. The molecule has 1 unspecified atom stereocenters. The lowest BCUT2D eigenvalue weighted by Crippen LogP contribution is -2.31. The third-order valence-electron chi connectivity index (χ3n) is 3.39. The highest BCUT2D eigenvalue weighted by Gasteiger charge is 2.03. The van der Waals surface area contributed by atoms with Crippen LogP contribution in [-0.2, 0) is 12.8 Å². The average molecular weight is 269 g/mol. The van der Waals surface area contributed by atoms with Crippen LogP contribution in [0, 0.1) is 0 Å². The Kier molecular flexibility index (Phi) is 6.28. The monoisotopic (exact) mass is 269 g/mol. The van der Waals surface area contributed by atoms with Gasteiger partial charge < -0.3 is 5.11 Å². The number of hydrogen-bond acceptors (Lipinski definition) is 2. The zero-order valence-corrected chi connectivity index (χ0v) is 11.8. The molecular weight excluding hydrogens is 246 g/mol. The number of aliphatic hydroxyl groups is 1. The van der Waals surface area contributed by atoms with Gasteiger partial charge in [0.1, 0.15) is 6.23 Å². The van der Waals surface area contributed by atoms with Gasteiger partial charge in [-0.1, -0.05) is 60.7 Å². The van der Waals surface area contributed by atoms with Gasteiger partial charge in [0.05, 0.1) is 0 Å². The molecular formula is C18H23NO. The fourth-order valence-electron chi connectivity index (χ4n) is 2.28. The maximum atomic E-state index is 9.91. The van der Waals surface area contributed by atoms with Crippen LogP contribution in [0.1, 0.15) is 24.0 Å². The maximum absolute atomic E-state index is 9.91. The molecule has 2 nitrogen and oxygen atoms in total. The number of aryl methyl sites for hydroxylation is 1. The van der Waals surface area contributed by atoms with Crippen molar-refractivity contribution in [2.75, 3.05) is 6.54 Å². The van der Waals surface area contributed by atoms with Crippen molar-refractivity contribution in [3.05, 3.63) is 71.8 Å². The molecule has 0 spiro atoms. The van der Waals surface area contributed by atoms with Gasteiger partial charge in [-0.3, -0.25) is 5.32 Å². The van der Waals surface area contributed by atoms with Crippen molar-refractivity contribution in [1.29, 1.82) is 0 Å². The molecule has 0 bridgehead atoms. The molecule has 2 N–H and O–H groups in total. The van der Waals surface area contributed by atoms with E-state index in [2.05, 4.69) is 29.6 Å². The Morgan fingerprint density at radius 1 is 0.800 bits per heavy atom. The van der Waals surface area contributed by atoms with Crippen LogP contribution in [0.25, 0.3) is 0 Å². The average Bonchev–Trinajstić information content (AvgIpc) is 2.49. The van der Waals surface area contributed by atoms with Crippen LogP contribution in [0.3, 0.4) is 0 Å². The Bertz CT molecular complexity index is 469. The summed E-state index contributed by atoms with van der Waals surface area (Å²) in [5, 5.41) is 13.1. The van der Waals surface area contributed by atoms with E-state index in [1.54, 1.807) is 0 Å². The van der Waals surface area contributed by atoms with Gasteiger partial charge in [0.15, 0.2) is 0 Å². The van der Waals surface area contributed by atoms with E-state index in [9.17, 15) is 5.11 Å². The normalized spacial score (nSPS) is 12.2. The summed E-state index contributed by atoms with van der Waals surface area (Å²) in [6, 6.07) is 20.6. The summed E-state index contributed by atoms with van der Waals surface area (Å²) in [5.41, 5.74) is 2.55. The lowest BCUT2D eigenvalue weighted by atomic mass is 10.1. The van der Waals surface area contributed by atoms with E-state index < -0.39 is 6.23 Å². The van der Waals surface area contributed by atoms with E-state index >= 15 is 0 Å². The molecule has 20 heavy (non-hydrogen) atoms. The van der Waals surface area contributed by atoms with Gasteiger partial charge in [-0.25, -0.2) is 0 Å². The minimum absolute atomic E-state index is 0.450. The van der Waals surface area contributed by atoms with E-state index in [1.807, 2.05) is 36.4 Å². The predicted octanol–water partition coefficient (Wildman–Crippen LogP) is 3.16. The second kappa shape index (κ2) is 8.51. The SMILES string of the molecule is OC(Cc1ccccc1)NCCCCc1ccccc1. The summed E-state index contributed by atoms with van der Waals surface area (Å²) < 4.78 is 0. The van der Waals surface area contributed by atoms with Crippen molar-refractivity contribution in [3.63, 3.8) is 0 Å². The second-order valence-corrected chi connectivity index (χ2v) is 5.10. The molecule has 0 radical (unpaired) electrons. The molecule has 106 valence electrons. The van der Waals surface area contributed by atoms with Crippen molar-refractivity contribution in [3.8, 4) is 0 Å². The zero-order chi connectivity index (χ0) is 14.0. The van der Waals surface area contributed by atoms with Crippen LogP contribution >= 0.6 is 0 Å². The second-order valence-electron chi connectivity index (χ2n) is 5.10. The standard InChI is InChI=1S/C18H23NO/c20-18(15-17-12-5-2-6-13-17)19-14-8-7-11-16-9-3-1-4-10-16/h1-6,9-10,12-13,18-20H,7-8,11,14-15H2. The van der Waals surface area contributed by atoms with E-state index in [1.165, 1.54) is 5.56 Å². The lowest BCUT2D eigenvalue weighted by Gasteiger charge is -2.12. The first-order chi connectivity index (χ1) is 9.84. The highest BCUT2D eigenvalue weighted by molar-refractivity contribution is 5.15. The Balaban J connectivity index is 1.57. The van der Waals surface area contributed by atoms with Crippen LogP contribution in [0.15, 0.2) is 60.7 Å². The number of unbranched alkanes of at least 4 members (excludes halogenated alkanes) is 1. The Morgan fingerprint density at radius 2 is 1.40 bits per heavy atom. The number of benzene rings is 2. The van der Waals surface area contributed by atoms with Gasteiger partial charge in [-0.2, -0.15) is 0 Å². The number of hydrogen-bond donors (Lipinski definition) is 2. The Morgan fingerprint density at radius 3 is 2.05 bits per heavy atom. The first-order valence-corrected chi connectivity index (χ1v) is 7.34. The van der Waals surface area contributed by atoms with Gasteiger partial charge in [-0.05, 0) is 36.9 Å². The topological polar surface area (TPSA) is 32.3 Å². The molecule has 0 fully saturated rings. The third kappa shape index (κ3) is 5.55. The molecule has 0 aliphatic heterocycles. The van der Waals surface area contributed by atoms with E-state index in [0.29, 0.717) is 6.42 Å². The van der Waals surface area contributed by atoms with Gasteiger partial charge in [0.25, 0.3) is 0 Å². The molecule has 0 aliphatic carbocycles. The molecule has 2 aromatic carbocycles. The number of aliphatic hydroxyl groups excluding tert-OH is 1. The van der Waals surface area contributed by atoms with E-state index in [0.717, 1.165) is 31.4 Å². The summed E-state index contributed by atoms with van der Waals surface area (Å²) in [6.07, 6.45) is 3.56. The molecule has 1 atom stereocenters. The summed E-state index contributed by atoms with van der Waals surface area (Å²) >= 11 is 0. The molecule has 0 aliphatic rings. The van der Waals surface area contributed by atoms with E-state index in [-0.39, 0.29) is 0 Å². The molecule has 0 amide bonds. The first kappa shape index (κ1) is 14.8. The van der Waals surface area contributed by atoms with Gasteiger partial charge >= 0.3 is 0 Å². The number of rotatable bonds is 8. The van der Waals surface area contributed by atoms with Crippen molar-refractivity contribution >= 4 is 0 Å². The van der Waals surface area contributed by atoms with Crippen LogP contribution in [0.5, 0.6) is 0 Å². The lowest BCUT2D eigenvalue weighted by molar-refractivity contribution is 0.137. The van der Waals surface area contributed by atoms with Gasteiger partial charge in [0, 0.05) is 6.42 Å². The first-order valence-electron chi connectivity index (χ1n) is 7.34. The zero-order valence-electron chi connectivity index (χ0n) is 11.8. The molecule has 2 rings (SSSR count). The highest BCUT2D eigenvalue weighted by atomic mass is 16.3. The largest absolute Gasteiger partial charge is 0.378 e. The molecule has 0 aromatic heterocycles.